The Morgan fingerprint density at radius 2 is 2.00 bits per heavy atom. The van der Waals surface area contributed by atoms with E-state index in [1.54, 1.807) is 0 Å². The first kappa shape index (κ1) is 15.1. The minimum absolute atomic E-state index is 0.182. The summed E-state index contributed by atoms with van der Waals surface area (Å²) in [5.74, 6) is -1.34. The van der Waals surface area contributed by atoms with Crippen molar-refractivity contribution in [3.8, 4) is 0 Å². The maximum Gasteiger partial charge on any atom is 0.371 e. The Morgan fingerprint density at radius 1 is 1.35 bits per heavy atom. The maximum atomic E-state index is 12.1. The highest BCUT2D eigenvalue weighted by molar-refractivity contribution is 7.89. The molecule has 1 aromatic rings. The smallest absolute Gasteiger partial charge is 0.371 e. The Morgan fingerprint density at radius 3 is 2.55 bits per heavy atom. The van der Waals surface area contributed by atoms with Crippen LogP contribution in [-0.4, -0.2) is 25.5 Å². The zero-order valence-electron chi connectivity index (χ0n) is 11.3. The van der Waals surface area contributed by atoms with Gasteiger partial charge in [0, 0.05) is 6.04 Å². The number of carboxylic acid groups (broad SMARTS) is 1. The second-order valence-corrected chi connectivity index (χ2v) is 6.88. The third-order valence-corrected chi connectivity index (χ3v) is 5.19. The van der Waals surface area contributed by atoms with Gasteiger partial charge in [0.25, 0.3) is 10.0 Å². The summed E-state index contributed by atoms with van der Waals surface area (Å²) >= 11 is 0. The molecule has 2 N–H and O–H groups in total. The summed E-state index contributed by atoms with van der Waals surface area (Å²) < 4.78 is 31.7. The number of sulfonamides is 1. The van der Waals surface area contributed by atoms with E-state index >= 15 is 0 Å². The minimum atomic E-state index is -3.80. The van der Waals surface area contributed by atoms with E-state index in [4.69, 9.17) is 9.52 Å². The number of aromatic carboxylic acids is 1. The highest BCUT2D eigenvalue weighted by atomic mass is 32.2. The summed E-state index contributed by atoms with van der Waals surface area (Å²) in [6, 6.07) is 2.13. The molecular weight excluding hydrogens is 282 g/mol. The van der Waals surface area contributed by atoms with Crippen LogP contribution < -0.4 is 4.72 Å². The van der Waals surface area contributed by atoms with Gasteiger partial charge in [-0.15, -0.1) is 0 Å². The van der Waals surface area contributed by atoms with E-state index in [0.29, 0.717) is 5.92 Å². The van der Waals surface area contributed by atoms with Gasteiger partial charge in [-0.3, -0.25) is 0 Å². The molecule has 6 nitrogen and oxygen atoms in total. The first-order valence-electron chi connectivity index (χ1n) is 6.75. The Kier molecular flexibility index (Phi) is 4.49. The molecule has 1 atom stereocenters. The van der Waals surface area contributed by atoms with Gasteiger partial charge in [0.1, 0.15) is 0 Å². The Balaban J connectivity index is 2.07. The van der Waals surface area contributed by atoms with E-state index in [0.717, 1.165) is 31.7 Å². The van der Waals surface area contributed by atoms with Gasteiger partial charge in [-0.1, -0.05) is 19.3 Å². The van der Waals surface area contributed by atoms with E-state index < -0.39 is 16.0 Å². The van der Waals surface area contributed by atoms with Crippen molar-refractivity contribution in [1.82, 2.24) is 4.72 Å². The van der Waals surface area contributed by atoms with Crippen molar-refractivity contribution in [2.24, 2.45) is 5.92 Å². The lowest BCUT2D eigenvalue weighted by molar-refractivity contribution is 0.0656. The van der Waals surface area contributed by atoms with Crippen molar-refractivity contribution >= 4 is 16.0 Å². The van der Waals surface area contributed by atoms with Crippen LogP contribution in [0.25, 0.3) is 0 Å². The largest absolute Gasteiger partial charge is 0.475 e. The van der Waals surface area contributed by atoms with Crippen molar-refractivity contribution in [2.75, 3.05) is 0 Å². The van der Waals surface area contributed by atoms with E-state index in [-0.39, 0.29) is 16.9 Å². The number of carbonyl (C=O) groups is 1. The van der Waals surface area contributed by atoms with Crippen molar-refractivity contribution in [3.63, 3.8) is 0 Å². The predicted octanol–water partition coefficient (Wildman–Crippen LogP) is 2.22. The van der Waals surface area contributed by atoms with Gasteiger partial charge in [0.15, 0.2) is 0 Å². The molecule has 1 saturated carbocycles. The van der Waals surface area contributed by atoms with Crippen LogP contribution >= 0.6 is 0 Å². The van der Waals surface area contributed by atoms with Crippen molar-refractivity contribution in [1.29, 1.82) is 0 Å². The summed E-state index contributed by atoms with van der Waals surface area (Å²) in [5, 5.41) is 8.39. The average molecular weight is 301 g/mol. The third kappa shape index (κ3) is 3.40. The van der Waals surface area contributed by atoms with Crippen LogP contribution in [0.3, 0.4) is 0 Å². The van der Waals surface area contributed by atoms with Gasteiger partial charge >= 0.3 is 5.97 Å². The zero-order valence-corrected chi connectivity index (χ0v) is 12.1. The fraction of sp³-hybridized carbons (Fsp3) is 0.615. The molecule has 0 saturated heterocycles. The Labute approximate surface area is 118 Å². The van der Waals surface area contributed by atoms with E-state index in [2.05, 4.69) is 4.72 Å². The van der Waals surface area contributed by atoms with Crippen LogP contribution in [0.2, 0.25) is 0 Å². The summed E-state index contributed by atoms with van der Waals surface area (Å²) in [6.45, 7) is 1.84. The Bertz CT molecular complexity index is 571. The first-order chi connectivity index (χ1) is 9.40. The van der Waals surface area contributed by atoms with Crippen molar-refractivity contribution in [2.45, 2.75) is 50.2 Å². The molecule has 0 spiro atoms. The van der Waals surface area contributed by atoms with Crippen LogP contribution in [0.5, 0.6) is 0 Å². The second-order valence-electron chi connectivity index (χ2n) is 5.23. The van der Waals surface area contributed by atoms with Crippen LogP contribution in [0.1, 0.15) is 49.6 Å². The van der Waals surface area contributed by atoms with E-state index in [1.807, 2.05) is 6.92 Å². The van der Waals surface area contributed by atoms with Gasteiger partial charge in [-0.25, -0.2) is 17.9 Å². The second kappa shape index (κ2) is 5.97. The molecule has 1 aliphatic rings. The van der Waals surface area contributed by atoms with Gasteiger partial charge in [-0.2, -0.15) is 0 Å². The lowest BCUT2D eigenvalue weighted by Gasteiger charge is -2.27. The van der Waals surface area contributed by atoms with Gasteiger partial charge in [0.2, 0.25) is 10.9 Å². The number of carboxylic acids is 1. The molecule has 1 aliphatic carbocycles. The summed E-state index contributed by atoms with van der Waals surface area (Å²) in [7, 11) is -3.80. The van der Waals surface area contributed by atoms with Crippen LogP contribution in [0, 0.1) is 5.92 Å². The van der Waals surface area contributed by atoms with Gasteiger partial charge in [0.05, 0.1) is 0 Å². The molecule has 20 heavy (non-hydrogen) atoms. The number of nitrogens with one attached hydrogen (secondary N) is 1. The minimum Gasteiger partial charge on any atom is -0.475 e. The quantitative estimate of drug-likeness (QED) is 0.869. The molecule has 1 aromatic heterocycles. The molecule has 1 fully saturated rings. The highest BCUT2D eigenvalue weighted by Crippen LogP contribution is 2.27. The van der Waals surface area contributed by atoms with Gasteiger partial charge < -0.3 is 9.52 Å². The highest BCUT2D eigenvalue weighted by Gasteiger charge is 2.27. The topological polar surface area (TPSA) is 96.6 Å². The number of furan rings is 1. The predicted molar refractivity (Wildman–Crippen MR) is 72.0 cm³/mol. The summed E-state index contributed by atoms with van der Waals surface area (Å²) in [5.41, 5.74) is 0. The molecule has 7 heteroatoms. The SMILES string of the molecule is C[C@@H](NS(=O)(=O)c1ccc(C(=O)O)o1)C1CCCCC1. The number of hydrogen-bond acceptors (Lipinski definition) is 4. The molecule has 0 amide bonds. The van der Waals surface area contributed by atoms with Crippen molar-refractivity contribution < 1.29 is 22.7 Å². The summed E-state index contributed by atoms with van der Waals surface area (Å²) in [4.78, 5) is 10.7. The lowest BCUT2D eigenvalue weighted by atomic mass is 9.85. The Hall–Kier alpha value is -1.34. The fourth-order valence-corrected chi connectivity index (χ4v) is 3.86. The van der Waals surface area contributed by atoms with Crippen molar-refractivity contribution in [3.05, 3.63) is 17.9 Å². The first-order valence-corrected chi connectivity index (χ1v) is 8.24. The van der Waals surface area contributed by atoms with Crippen LogP contribution in [0.4, 0.5) is 0 Å². The monoisotopic (exact) mass is 301 g/mol. The van der Waals surface area contributed by atoms with E-state index in [9.17, 15) is 13.2 Å². The maximum absolute atomic E-state index is 12.1. The molecule has 0 aromatic carbocycles. The number of hydrogen-bond donors (Lipinski definition) is 2. The molecule has 0 unspecified atom stereocenters. The standard InChI is InChI=1S/C13H19NO5S/c1-9(10-5-3-2-4-6-10)14-20(17,18)12-8-7-11(19-12)13(15)16/h7-10,14H,2-6H2,1H3,(H,15,16)/t9-/m1/s1. The molecule has 0 radical (unpaired) electrons. The lowest BCUT2D eigenvalue weighted by Crippen LogP contribution is -2.38. The molecule has 0 aliphatic heterocycles. The molecular formula is C13H19NO5S. The zero-order chi connectivity index (χ0) is 14.8. The van der Waals surface area contributed by atoms with E-state index in [1.165, 1.54) is 12.5 Å². The van der Waals surface area contributed by atoms with Gasteiger partial charge in [-0.05, 0) is 37.8 Å². The van der Waals surface area contributed by atoms with Crippen LogP contribution in [-0.2, 0) is 10.0 Å². The molecule has 0 bridgehead atoms. The van der Waals surface area contributed by atoms with Crippen LogP contribution in [0.15, 0.2) is 21.6 Å². The summed E-state index contributed by atoms with van der Waals surface area (Å²) in [6.07, 6.45) is 5.49. The fourth-order valence-electron chi connectivity index (χ4n) is 2.61. The molecule has 1 heterocycles. The number of rotatable bonds is 5. The normalized spacial score (nSPS) is 18.9. The third-order valence-electron chi connectivity index (χ3n) is 3.75. The molecule has 2 rings (SSSR count). The average Bonchev–Trinajstić information content (AvgIpc) is 2.90. The molecule has 112 valence electrons.